The van der Waals surface area contributed by atoms with E-state index in [2.05, 4.69) is 30.6 Å². The molecule has 0 radical (unpaired) electrons. The molecule has 0 aromatic carbocycles. The van der Waals surface area contributed by atoms with E-state index in [1.807, 2.05) is 6.92 Å². The van der Waals surface area contributed by atoms with Gasteiger partial charge in [-0.15, -0.1) is 0 Å². The standard InChI is InChI=1S/C10H10BrClF4N2O/c1-2-5-7(11)8(12)18-6(17-5)3-19-4-10(15,16)9(13)14/h9H,2-4H2,1H3. The molecule has 0 aliphatic heterocycles. The van der Waals surface area contributed by atoms with Gasteiger partial charge in [-0.25, -0.2) is 18.7 Å². The monoisotopic (exact) mass is 364 g/mol. The van der Waals surface area contributed by atoms with Crippen molar-refractivity contribution in [3.63, 3.8) is 0 Å². The molecular formula is C10H10BrClF4N2O. The van der Waals surface area contributed by atoms with Gasteiger partial charge >= 0.3 is 12.3 Å². The third-order valence-electron chi connectivity index (χ3n) is 2.11. The Balaban J connectivity index is 2.67. The van der Waals surface area contributed by atoms with E-state index >= 15 is 0 Å². The summed E-state index contributed by atoms with van der Waals surface area (Å²) in [5, 5.41) is 0.117. The largest absolute Gasteiger partial charge is 0.367 e. The van der Waals surface area contributed by atoms with E-state index in [4.69, 9.17) is 11.6 Å². The van der Waals surface area contributed by atoms with Crippen LogP contribution in [-0.2, 0) is 17.8 Å². The first-order chi connectivity index (χ1) is 8.77. The summed E-state index contributed by atoms with van der Waals surface area (Å²) in [6.45, 7) is 0.00445. The highest BCUT2D eigenvalue weighted by Crippen LogP contribution is 2.25. The fraction of sp³-hybridized carbons (Fsp3) is 0.600. The molecule has 0 fully saturated rings. The van der Waals surface area contributed by atoms with Gasteiger partial charge in [0.2, 0.25) is 0 Å². The Bertz CT molecular complexity index is 448. The molecular weight excluding hydrogens is 355 g/mol. The highest BCUT2D eigenvalue weighted by atomic mass is 79.9. The van der Waals surface area contributed by atoms with Crippen LogP contribution in [0.5, 0.6) is 0 Å². The first-order valence-electron chi connectivity index (χ1n) is 5.22. The molecule has 0 saturated carbocycles. The van der Waals surface area contributed by atoms with Gasteiger partial charge in [-0.2, -0.15) is 8.78 Å². The van der Waals surface area contributed by atoms with Crippen LogP contribution < -0.4 is 0 Å². The van der Waals surface area contributed by atoms with Crippen LogP contribution in [0.3, 0.4) is 0 Å². The molecule has 19 heavy (non-hydrogen) atoms. The van der Waals surface area contributed by atoms with E-state index in [1.54, 1.807) is 0 Å². The number of rotatable bonds is 6. The minimum Gasteiger partial charge on any atom is -0.367 e. The highest BCUT2D eigenvalue weighted by molar-refractivity contribution is 9.10. The summed E-state index contributed by atoms with van der Waals surface area (Å²) in [4.78, 5) is 7.81. The van der Waals surface area contributed by atoms with Crippen molar-refractivity contribution < 1.29 is 22.3 Å². The molecule has 0 spiro atoms. The molecule has 1 aromatic rings. The Morgan fingerprint density at radius 3 is 2.53 bits per heavy atom. The first kappa shape index (κ1) is 16.6. The molecule has 0 saturated heterocycles. The van der Waals surface area contributed by atoms with E-state index in [-0.39, 0.29) is 11.0 Å². The number of alkyl halides is 4. The van der Waals surface area contributed by atoms with Crippen LogP contribution in [0.4, 0.5) is 17.6 Å². The van der Waals surface area contributed by atoms with Crippen LogP contribution in [0.2, 0.25) is 5.15 Å². The van der Waals surface area contributed by atoms with Crippen LogP contribution in [0.15, 0.2) is 4.47 Å². The second-order valence-corrected chi connectivity index (χ2v) is 4.75. The highest BCUT2D eigenvalue weighted by Gasteiger charge is 2.41. The smallest absolute Gasteiger partial charge is 0.330 e. The molecule has 0 N–H and O–H groups in total. The van der Waals surface area contributed by atoms with Crippen molar-refractivity contribution >= 4 is 27.5 Å². The van der Waals surface area contributed by atoms with Crippen LogP contribution in [0.25, 0.3) is 0 Å². The first-order valence-corrected chi connectivity index (χ1v) is 6.39. The Morgan fingerprint density at radius 2 is 2.00 bits per heavy atom. The quantitative estimate of drug-likeness (QED) is 0.567. The predicted octanol–water partition coefficient (Wildman–Crippen LogP) is 3.87. The van der Waals surface area contributed by atoms with Gasteiger partial charge in [-0.05, 0) is 22.4 Å². The third-order valence-corrected chi connectivity index (χ3v) is 3.44. The summed E-state index contributed by atoms with van der Waals surface area (Å²) >= 11 is 8.97. The number of aromatic nitrogens is 2. The van der Waals surface area contributed by atoms with Crippen molar-refractivity contribution in [3.05, 3.63) is 21.1 Å². The van der Waals surface area contributed by atoms with E-state index in [0.29, 0.717) is 16.6 Å². The Morgan fingerprint density at radius 1 is 1.37 bits per heavy atom. The maximum Gasteiger partial charge on any atom is 0.330 e. The topological polar surface area (TPSA) is 35.0 Å². The Kier molecular flexibility index (Phi) is 5.94. The lowest BCUT2D eigenvalue weighted by Crippen LogP contribution is -2.32. The number of halogens is 6. The second-order valence-electron chi connectivity index (χ2n) is 3.60. The molecule has 0 unspecified atom stereocenters. The van der Waals surface area contributed by atoms with Crippen molar-refractivity contribution in [2.24, 2.45) is 0 Å². The van der Waals surface area contributed by atoms with Crippen LogP contribution in [-0.4, -0.2) is 28.9 Å². The molecule has 9 heteroatoms. The third kappa shape index (κ3) is 4.54. The van der Waals surface area contributed by atoms with Gasteiger partial charge in [-0.3, -0.25) is 0 Å². The molecule has 0 bridgehead atoms. The van der Waals surface area contributed by atoms with Gasteiger partial charge < -0.3 is 4.74 Å². The summed E-state index contributed by atoms with van der Waals surface area (Å²) in [5.41, 5.74) is 0.583. The molecule has 0 amide bonds. The summed E-state index contributed by atoms with van der Waals surface area (Å²) in [5.74, 6) is -4.12. The van der Waals surface area contributed by atoms with E-state index in [1.165, 1.54) is 0 Å². The fourth-order valence-electron chi connectivity index (χ4n) is 1.15. The van der Waals surface area contributed by atoms with Crippen molar-refractivity contribution in [2.45, 2.75) is 32.3 Å². The lowest BCUT2D eigenvalue weighted by atomic mass is 10.3. The molecule has 0 aliphatic rings. The maximum atomic E-state index is 12.6. The van der Waals surface area contributed by atoms with Crippen LogP contribution in [0.1, 0.15) is 18.4 Å². The normalized spacial score (nSPS) is 12.2. The van der Waals surface area contributed by atoms with E-state index < -0.39 is 25.6 Å². The molecule has 1 heterocycles. The van der Waals surface area contributed by atoms with Gasteiger partial charge in [-0.1, -0.05) is 18.5 Å². The zero-order valence-corrected chi connectivity index (χ0v) is 12.1. The molecule has 3 nitrogen and oxygen atoms in total. The zero-order valence-electron chi connectivity index (χ0n) is 9.77. The average molecular weight is 366 g/mol. The fourth-order valence-corrected chi connectivity index (χ4v) is 1.82. The van der Waals surface area contributed by atoms with Crippen LogP contribution >= 0.6 is 27.5 Å². The summed E-state index contributed by atoms with van der Waals surface area (Å²) in [7, 11) is 0. The van der Waals surface area contributed by atoms with E-state index in [9.17, 15) is 17.6 Å². The maximum absolute atomic E-state index is 12.6. The molecule has 108 valence electrons. The lowest BCUT2D eigenvalue weighted by Gasteiger charge is -2.15. The number of hydrogen-bond acceptors (Lipinski definition) is 3. The number of aryl methyl sites for hydroxylation is 1. The van der Waals surface area contributed by atoms with Gasteiger partial charge in [0.05, 0.1) is 10.2 Å². The van der Waals surface area contributed by atoms with Crippen LogP contribution in [0, 0.1) is 0 Å². The number of nitrogens with zero attached hydrogens (tertiary/aromatic N) is 2. The van der Waals surface area contributed by atoms with Gasteiger partial charge in [0.1, 0.15) is 18.4 Å². The van der Waals surface area contributed by atoms with Crippen molar-refractivity contribution in [1.82, 2.24) is 9.97 Å². The number of ether oxygens (including phenoxy) is 1. The number of hydrogen-bond donors (Lipinski definition) is 0. The van der Waals surface area contributed by atoms with Gasteiger partial charge in [0.25, 0.3) is 0 Å². The molecule has 0 atom stereocenters. The van der Waals surface area contributed by atoms with Crippen molar-refractivity contribution in [1.29, 1.82) is 0 Å². The van der Waals surface area contributed by atoms with Crippen molar-refractivity contribution in [2.75, 3.05) is 6.61 Å². The second kappa shape index (κ2) is 6.81. The Hall–Kier alpha value is -0.470. The summed E-state index contributed by atoms with van der Waals surface area (Å²) in [6.07, 6.45) is -3.23. The minimum atomic E-state index is -4.19. The lowest BCUT2D eigenvalue weighted by molar-refractivity contribution is -0.168. The summed E-state index contributed by atoms with van der Waals surface area (Å²) in [6, 6.07) is 0. The van der Waals surface area contributed by atoms with E-state index in [0.717, 1.165) is 0 Å². The van der Waals surface area contributed by atoms with Gasteiger partial charge in [0, 0.05) is 0 Å². The zero-order chi connectivity index (χ0) is 14.6. The Labute approximate surface area is 120 Å². The average Bonchev–Trinajstić information content (AvgIpc) is 2.33. The van der Waals surface area contributed by atoms with Crippen molar-refractivity contribution in [3.8, 4) is 0 Å². The molecule has 0 aliphatic carbocycles. The summed E-state index contributed by atoms with van der Waals surface area (Å²) < 4.78 is 54.0. The minimum absolute atomic E-state index is 0.0649. The molecule has 1 rings (SSSR count). The molecule has 1 aromatic heterocycles. The SMILES string of the molecule is CCc1nc(COCC(F)(F)C(F)F)nc(Cl)c1Br. The predicted molar refractivity (Wildman–Crippen MR) is 64.7 cm³/mol. The van der Waals surface area contributed by atoms with Gasteiger partial charge in [0.15, 0.2) is 5.82 Å².